The minimum atomic E-state index is -0.696. The number of methoxy groups -OCH3 is 1. The van der Waals surface area contributed by atoms with Crippen LogP contribution in [0.15, 0.2) is 53.0 Å². The lowest BCUT2D eigenvalue weighted by Gasteiger charge is -2.07. The Morgan fingerprint density at radius 2 is 1.93 bits per heavy atom. The molecule has 0 aliphatic carbocycles. The lowest BCUT2D eigenvalue weighted by atomic mass is 10.1. The lowest BCUT2D eigenvalue weighted by Crippen LogP contribution is -2.06. The Morgan fingerprint density at radius 3 is 2.64 bits per heavy atom. The summed E-state index contributed by atoms with van der Waals surface area (Å²) >= 11 is 0. The first-order valence-corrected chi connectivity index (χ1v) is 8.62. The van der Waals surface area contributed by atoms with Crippen LogP contribution in [0, 0.1) is 6.92 Å². The van der Waals surface area contributed by atoms with E-state index in [4.69, 9.17) is 13.9 Å². The van der Waals surface area contributed by atoms with Crippen molar-refractivity contribution in [1.82, 2.24) is 10.2 Å². The summed E-state index contributed by atoms with van der Waals surface area (Å²) in [5.74, 6) is 0.359. The van der Waals surface area contributed by atoms with Gasteiger partial charge in [-0.15, -0.1) is 10.2 Å². The number of nitrogens with zero attached hydrogens (tertiary/aromatic N) is 2. The van der Waals surface area contributed by atoms with E-state index < -0.39 is 12.1 Å². The van der Waals surface area contributed by atoms with Gasteiger partial charge in [0.15, 0.2) is 17.6 Å². The Balaban J connectivity index is 1.63. The van der Waals surface area contributed by atoms with Gasteiger partial charge in [-0.3, -0.25) is 0 Å². The molecule has 144 valence electrons. The van der Waals surface area contributed by atoms with Crippen LogP contribution in [0.3, 0.4) is 0 Å². The van der Waals surface area contributed by atoms with Gasteiger partial charge >= 0.3 is 5.97 Å². The monoisotopic (exact) mass is 380 g/mol. The molecule has 7 heteroatoms. The highest BCUT2D eigenvalue weighted by Crippen LogP contribution is 2.27. The van der Waals surface area contributed by atoms with Gasteiger partial charge in [-0.05, 0) is 49.8 Å². The number of benzene rings is 2. The maximum absolute atomic E-state index is 12.1. The fourth-order valence-corrected chi connectivity index (χ4v) is 2.44. The van der Waals surface area contributed by atoms with Gasteiger partial charge in [0.25, 0.3) is 5.89 Å². The number of carbonyl (C=O) groups excluding carboxylic acids is 1. The number of phenolic OH excluding ortho intramolecular Hbond substituents is 1. The maximum Gasteiger partial charge on any atom is 0.331 e. The molecule has 0 fully saturated rings. The smallest absolute Gasteiger partial charge is 0.331 e. The predicted molar refractivity (Wildman–Crippen MR) is 103 cm³/mol. The van der Waals surface area contributed by atoms with Crippen LogP contribution < -0.4 is 4.74 Å². The minimum absolute atomic E-state index is 0.0247. The van der Waals surface area contributed by atoms with Gasteiger partial charge in [-0.25, -0.2) is 4.79 Å². The topological polar surface area (TPSA) is 94.7 Å². The molecule has 0 saturated heterocycles. The van der Waals surface area contributed by atoms with E-state index in [1.807, 2.05) is 31.2 Å². The molecule has 0 radical (unpaired) electrons. The fraction of sp³-hybridized carbons (Fsp3) is 0.190. The molecule has 0 spiro atoms. The molecule has 0 aliphatic rings. The molecular weight excluding hydrogens is 360 g/mol. The van der Waals surface area contributed by atoms with Crippen LogP contribution in [-0.4, -0.2) is 28.4 Å². The van der Waals surface area contributed by atoms with Gasteiger partial charge < -0.3 is 19.0 Å². The van der Waals surface area contributed by atoms with Crippen molar-refractivity contribution in [2.24, 2.45) is 0 Å². The highest BCUT2D eigenvalue weighted by atomic mass is 16.6. The van der Waals surface area contributed by atoms with Crippen LogP contribution in [-0.2, 0) is 9.53 Å². The maximum atomic E-state index is 12.1. The Labute approximate surface area is 162 Å². The number of hydrogen-bond donors (Lipinski definition) is 1. The van der Waals surface area contributed by atoms with Gasteiger partial charge in [0.1, 0.15) is 0 Å². The van der Waals surface area contributed by atoms with Crippen molar-refractivity contribution in [3.63, 3.8) is 0 Å². The van der Waals surface area contributed by atoms with Crippen LogP contribution in [0.4, 0.5) is 0 Å². The first kappa shape index (κ1) is 19.2. The van der Waals surface area contributed by atoms with E-state index in [2.05, 4.69) is 10.2 Å². The number of hydrogen-bond acceptors (Lipinski definition) is 7. The molecule has 0 saturated carbocycles. The summed E-state index contributed by atoms with van der Waals surface area (Å²) in [6.07, 6.45) is 2.14. The van der Waals surface area contributed by atoms with Crippen LogP contribution >= 0.6 is 0 Å². The van der Waals surface area contributed by atoms with Gasteiger partial charge in [-0.1, -0.05) is 23.8 Å². The summed E-state index contributed by atoms with van der Waals surface area (Å²) < 4.78 is 15.9. The average Bonchev–Trinajstić information content (AvgIpc) is 3.18. The molecule has 0 aliphatic heterocycles. The SMILES string of the molecule is COc1cc(/C=C/C(=O)O[C@H](C)c2nnc(-c3ccc(C)cc3)o2)ccc1O. The van der Waals surface area contributed by atoms with Crippen molar-refractivity contribution >= 4 is 12.0 Å². The Kier molecular flexibility index (Phi) is 5.74. The largest absolute Gasteiger partial charge is 0.504 e. The number of carbonyl (C=O) groups is 1. The molecule has 1 N–H and O–H groups in total. The summed E-state index contributed by atoms with van der Waals surface area (Å²) in [5, 5.41) is 17.5. The number of aromatic hydroxyl groups is 1. The third-order valence-corrected chi connectivity index (χ3v) is 4.00. The first-order valence-electron chi connectivity index (χ1n) is 8.62. The van der Waals surface area contributed by atoms with Gasteiger partial charge in [0.05, 0.1) is 7.11 Å². The number of aryl methyl sites for hydroxylation is 1. The minimum Gasteiger partial charge on any atom is -0.504 e. The second kappa shape index (κ2) is 8.39. The third kappa shape index (κ3) is 4.56. The van der Waals surface area contributed by atoms with Crippen molar-refractivity contribution in [1.29, 1.82) is 0 Å². The molecule has 0 amide bonds. The standard InChI is InChI=1S/C21H20N2O5/c1-13-4-8-16(9-5-13)21-23-22-20(28-21)14(2)27-19(25)11-7-15-6-10-17(24)18(12-15)26-3/h4-12,14,24H,1-3H3/b11-7+/t14-/m1/s1. The normalized spacial score (nSPS) is 12.1. The number of aromatic nitrogens is 2. The lowest BCUT2D eigenvalue weighted by molar-refractivity contribution is -0.143. The van der Waals surface area contributed by atoms with Crippen molar-refractivity contribution in [3.05, 3.63) is 65.6 Å². The number of phenols is 1. The van der Waals surface area contributed by atoms with Crippen LogP contribution in [0.5, 0.6) is 11.5 Å². The van der Waals surface area contributed by atoms with Crippen molar-refractivity contribution in [2.45, 2.75) is 20.0 Å². The van der Waals surface area contributed by atoms with E-state index in [1.165, 1.54) is 19.3 Å². The molecule has 0 unspecified atom stereocenters. The molecule has 28 heavy (non-hydrogen) atoms. The van der Waals surface area contributed by atoms with Crippen molar-refractivity contribution < 1.29 is 23.8 Å². The zero-order chi connectivity index (χ0) is 20.1. The number of rotatable bonds is 6. The quantitative estimate of drug-likeness (QED) is 0.508. The van der Waals surface area contributed by atoms with E-state index in [1.54, 1.807) is 25.1 Å². The van der Waals surface area contributed by atoms with Gasteiger partial charge in [0.2, 0.25) is 5.89 Å². The molecule has 1 atom stereocenters. The highest BCUT2D eigenvalue weighted by Gasteiger charge is 2.18. The average molecular weight is 380 g/mol. The molecule has 1 aromatic heterocycles. The molecule has 1 heterocycles. The van der Waals surface area contributed by atoms with Crippen LogP contribution in [0.2, 0.25) is 0 Å². The zero-order valence-corrected chi connectivity index (χ0v) is 15.7. The van der Waals surface area contributed by atoms with Crippen LogP contribution in [0.25, 0.3) is 17.5 Å². The summed E-state index contributed by atoms with van der Waals surface area (Å²) in [6, 6.07) is 12.4. The Morgan fingerprint density at radius 1 is 1.18 bits per heavy atom. The second-order valence-corrected chi connectivity index (χ2v) is 6.16. The number of esters is 1. The highest BCUT2D eigenvalue weighted by molar-refractivity contribution is 5.87. The van der Waals surface area contributed by atoms with Crippen molar-refractivity contribution in [3.8, 4) is 23.0 Å². The van der Waals surface area contributed by atoms with Crippen molar-refractivity contribution in [2.75, 3.05) is 7.11 Å². The summed E-state index contributed by atoms with van der Waals surface area (Å²) in [4.78, 5) is 12.1. The van der Waals surface area contributed by atoms with E-state index in [0.717, 1.165) is 11.1 Å². The molecule has 3 rings (SSSR count). The van der Waals surface area contributed by atoms with Gasteiger partial charge in [-0.2, -0.15) is 0 Å². The van der Waals surface area contributed by atoms with Crippen LogP contribution in [0.1, 0.15) is 30.0 Å². The fourth-order valence-electron chi connectivity index (χ4n) is 2.44. The molecule has 7 nitrogen and oxygen atoms in total. The summed E-state index contributed by atoms with van der Waals surface area (Å²) in [6.45, 7) is 3.65. The van der Waals surface area contributed by atoms with E-state index >= 15 is 0 Å². The number of ether oxygens (including phenoxy) is 2. The van der Waals surface area contributed by atoms with E-state index in [0.29, 0.717) is 17.2 Å². The summed E-state index contributed by atoms with van der Waals surface area (Å²) in [7, 11) is 1.45. The molecular formula is C21H20N2O5. The van der Waals surface area contributed by atoms with E-state index in [9.17, 15) is 9.90 Å². The first-order chi connectivity index (χ1) is 13.5. The molecule has 0 bridgehead atoms. The molecule has 2 aromatic carbocycles. The second-order valence-electron chi connectivity index (χ2n) is 6.16. The van der Waals surface area contributed by atoms with Gasteiger partial charge in [0, 0.05) is 11.6 Å². The third-order valence-electron chi connectivity index (χ3n) is 4.00. The zero-order valence-electron chi connectivity index (χ0n) is 15.7. The predicted octanol–water partition coefficient (Wildman–Crippen LogP) is 4.08. The summed E-state index contributed by atoms with van der Waals surface area (Å²) in [5.41, 5.74) is 2.60. The molecule has 3 aromatic rings. The van der Waals surface area contributed by atoms with E-state index in [-0.39, 0.29) is 11.6 Å². The Bertz CT molecular complexity index is 992. The Hall–Kier alpha value is -3.61.